The summed E-state index contributed by atoms with van der Waals surface area (Å²) < 4.78 is 3.20. The van der Waals surface area contributed by atoms with Crippen LogP contribution in [-0.2, 0) is 11.3 Å². The van der Waals surface area contributed by atoms with Crippen molar-refractivity contribution >= 4 is 44.2 Å². The van der Waals surface area contributed by atoms with Gasteiger partial charge < -0.3 is 4.90 Å². The monoisotopic (exact) mass is 382 g/mol. The van der Waals surface area contributed by atoms with Crippen LogP contribution < -0.4 is 0 Å². The van der Waals surface area contributed by atoms with E-state index in [0.29, 0.717) is 12.3 Å². The molecule has 0 bridgehead atoms. The fourth-order valence-corrected chi connectivity index (χ4v) is 4.72. The Labute approximate surface area is 159 Å². The highest BCUT2D eigenvalue weighted by atomic mass is 32.2. The molecule has 0 saturated heterocycles. The van der Waals surface area contributed by atoms with E-state index in [4.69, 9.17) is 0 Å². The fourth-order valence-electron chi connectivity index (χ4n) is 2.82. The summed E-state index contributed by atoms with van der Waals surface area (Å²) in [6.45, 7) is 2.68. The molecule has 0 aliphatic carbocycles. The molecule has 132 valence electrons. The number of rotatable bonds is 5. The molecule has 0 unspecified atom stereocenters. The largest absolute Gasteiger partial charge is 0.341 e. The molecule has 4 aromatic rings. The molecular weight excluding hydrogens is 364 g/mol. The minimum absolute atomic E-state index is 0.0783. The summed E-state index contributed by atoms with van der Waals surface area (Å²) in [6, 6.07) is 16.3. The molecule has 2 heterocycles. The zero-order valence-electron chi connectivity index (χ0n) is 14.5. The van der Waals surface area contributed by atoms with Crippen molar-refractivity contribution in [1.82, 2.24) is 19.5 Å². The van der Waals surface area contributed by atoms with Gasteiger partial charge in [-0.1, -0.05) is 59.5 Å². The van der Waals surface area contributed by atoms with Gasteiger partial charge in [-0.3, -0.25) is 9.20 Å². The number of benzene rings is 2. The fraction of sp³-hybridized carbons (Fsp3) is 0.211. The molecule has 2 aromatic heterocycles. The van der Waals surface area contributed by atoms with E-state index >= 15 is 0 Å². The minimum Gasteiger partial charge on any atom is -0.341 e. The summed E-state index contributed by atoms with van der Waals surface area (Å²) in [7, 11) is 1.84. The van der Waals surface area contributed by atoms with Gasteiger partial charge in [0.05, 0.1) is 16.0 Å². The second-order valence-corrected chi connectivity index (χ2v) is 8.09. The molecule has 5 nitrogen and oxygen atoms in total. The van der Waals surface area contributed by atoms with Crippen molar-refractivity contribution in [2.24, 2.45) is 0 Å². The number of para-hydroxylation sites is 1. The van der Waals surface area contributed by atoms with Gasteiger partial charge in [-0.05, 0) is 30.2 Å². The van der Waals surface area contributed by atoms with Crippen LogP contribution in [0.4, 0.5) is 0 Å². The number of thioether (sulfide) groups is 1. The van der Waals surface area contributed by atoms with E-state index < -0.39 is 0 Å². The Morgan fingerprint density at radius 3 is 2.77 bits per heavy atom. The first kappa shape index (κ1) is 17.1. The van der Waals surface area contributed by atoms with Crippen LogP contribution in [0.15, 0.2) is 53.7 Å². The Hall–Kier alpha value is -2.38. The van der Waals surface area contributed by atoms with E-state index in [0.717, 1.165) is 15.6 Å². The average Bonchev–Trinajstić information content (AvgIpc) is 3.20. The van der Waals surface area contributed by atoms with E-state index in [1.807, 2.05) is 35.7 Å². The van der Waals surface area contributed by atoms with E-state index in [-0.39, 0.29) is 5.91 Å². The lowest BCUT2D eigenvalue weighted by atomic mass is 10.1. The molecular formula is C19H18N4OS2. The Kier molecular flexibility index (Phi) is 4.65. The van der Waals surface area contributed by atoms with Gasteiger partial charge in [0.1, 0.15) is 0 Å². The molecule has 0 aliphatic rings. The number of amides is 1. The number of aromatic nitrogens is 3. The molecule has 0 spiro atoms. The maximum atomic E-state index is 12.5. The smallest absolute Gasteiger partial charge is 0.233 e. The predicted molar refractivity (Wildman–Crippen MR) is 107 cm³/mol. The van der Waals surface area contributed by atoms with Gasteiger partial charge in [0.2, 0.25) is 10.9 Å². The second-order valence-electron chi connectivity index (χ2n) is 6.14. The number of nitrogens with zero attached hydrogens (tertiary/aromatic N) is 4. The molecule has 0 fully saturated rings. The summed E-state index contributed by atoms with van der Waals surface area (Å²) in [6.07, 6.45) is 0. The van der Waals surface area contributed by atoms with Crippen LogP contribution in [0.2, 0.25) is 0 Å². The zero-order valence-corrected chi connectivity index (χ0v) is 16.2. The number of hydrogen-bond acceptors (Lipinski definition) is 5. The maximum Gasteiger partial charge on any atom is 0.233 e. The first-order valence-electron chi connectivity index (χ1n) is 8.27. The molecule has 2 aromatic carbocycles. The summed E-state index contributed by atoms with van der Waals surface area (Å²) in [5.74, 6) is 0.419. The summed E-state index contributed by atoms with van der Waals surface area (Å²) in [5.41, 5.74) is 3.45. The van der Waals surface area contributed by atoms with Gasteiger partial charge in [-0.2, -0.15) is 0 Å². The maximum absolute atomic E-state index is 12.5. The molecule has 26 heavy (non-hydrogen) atoms. The first-order valence-corrected chi connectivity index (χ1v) is 10.1. The van der Waals surface area contributed by atoms with Crippen LogP contribution in [0, 0.1) is 6.92 Å². The standard InChI is InChI=1S/C19H18N4OS2/c1-13-7-3-4-8-14(13)11-22(2)17(24)12-25-18-20-21-19-23(18)15-9-5-6-10-16(15)26-19/h3-10H,11-12H2,1-2H3. The molecule has 0 N–H and O–H groups in total. The van der Waals surface area contributed by atoms with Crippen LogP contribution >= 0.6 is 23.1 Å². The Morgan fingerprint density at radius 2 is 1.92 bits per heavy atom. The predicted octanol–water partition coefficient (Wildman–Crippen LogP) is 4.00. The summed E-state index contributed by atoms with van der Waals surface area (Å²) in [4.78, 5) is 15.2. The lowest BCUT2D eigenvalue weighted by Gasteiger charge is -2.18. The highest BCUT2D eigenvalue weighted by Gasteiger charge is 2.16. The Morgan fingerprint density at radius 1 is 1.15 bits per heavy atom. The van der Waals surface area contributed by atoms with E-state index in [1.165, 1.54) is 27.6 Å². The topological polar surface area (TPSA) is 50.5 Å². The van der Waals surface area contributed by atoms with Crippen molar-refractivity contribution in [2.75, 3.05) is 12.8 Å². The number of carbonyl (C=O) groups excluding carboxylic acids is 1. The molecule has 0 saturated carbocycles. The molecule has 0 aliphatic heterocycles. The van der Waals surface area contributed by atoms with Gasteiger partial charge in [0.25, 0.3) is 0 Å². The number of carbonyl (C=O) groups is 1. The van der Waals surface area contributed by atoms with Crippen molar-refractivity contribution in [3.8, 4) is 0 Å². The molecule has 0 atom stereocenters. The van der Waals surface area contributed by atoms with Crippen molar-refractivity contribution < 1.29 is 4.79 Å². The van der Waals surface area contributed by atoms with Gasteiger partial charge in [-0.25, -0.2) is 0 Å². The van der Waals surface area contributed by atoms with E-state index in [1.54, 1.807) is 16.2 Å². The molecule has 1 amide bonds. The minimum atomic E-state index is 0.0783. The Balaban J connectivity index is 1.47. The molecule has 7 heteroatoms. The molecule has 4 rings (SSSR count). The van der Waals surface area contributed by atoms with E-state index in [2.05, 4.69) is 41.4 Å². The molecule has 0 radical (unpaired) electrons. The van der Waals surface area contributed by atoms with Crippen molar-refractivity contribution in [3.63, 3.8) is 0 Å². The van der Waals surface area contributed by atoms with Crippen molar-refractivity contribution in [1.29, 1.82) is 0 Å². The van der Waals surface area contributed by atoms with Crippen LogP contribution in [0.25, 0.3) is 15.2 Å². The van der Waals surface area contributed by atoms with Gasteiger partial charge >= 0.3 is 0 Å². The quantitative estimate of drug-likeness (QED) is 0.490. The first-order chi connectivity index (χ1) is 12.6. The highest BCUT2D eigenvalue weighted by molar-refractivity contribution is 7.99. The number of hydrogen-bond donors (Lipinski definition) is 0. The highest BCUT2D eigenvalue weighted by Crippen LogP contribution is 2.29. The Bertz CT molecular complexity index is 1090. The summed E-state index contributed by atoms with van der Waals surface area (Å²) in [5, 5.41) is 9.25. The van der Waals surface area contributed by atoms with Crippen molar-refractivity contribution in [2.45, 2.75) is 18.6 Å². The normalized spacial score (nSPS) is 11.3. The second kappa shape index (κ2) is 7.09. The third-order valence-electron chi connectivity index (χ3n) is 4.33. The van der Waals surface area contributed by atoms with Gasteiger partial charge in [-0.15, -0.1) is 10.2 Å². The number of fused-ring (bicyclic) bond motifs is 3. The van der Waals surface area contributed by atoms with Crippen LogP contribution in [0.1, 0.15) is 11.1 Å². The lowest BCUT2D eigenvalue weighted by Crippen LogP contribution is -2.28. The van der Waals surface area contributed by atoms with Gasteiger partial charge in [0.15, 0.2) is 5.16 Å². The SMILES string of the molecule is Cc1ccccc1CN(C)C(=O)CSc1nnc2sc3ccccc3n12. The third kappa shape index (κ3) is 3.20. The van der Waals surface area contributed by atoms with Crippen LogP contribution in [0.3, 0.4) is 0 Å². The lowest BCUT2D eigenvalue weighted by molar-refractivity contribution is -0.127. The van der Waals surface area contributed by atoms with Crippen LogP contribution in [0.5, 0.6) is 0 Å². The third-order valence-corrected chi connectivity index (χ3v) is 6.26. The average molecular weight is 383 g/mol. The van der Waals surface area contributed by atoms with Crippen LogP contribution in [-0.4, -0.2) is 38.2 Å². The summed E-state index contributed by atoms with van der Waals surface area (Å²) >= 11 is 3.04. The van der Waals surface area contributed by atoms with Gasteiger partial charge in [0, 0.05) is 13.6 Å². The van der Waals surface area contributed by atoms with E-state index in [9.17, 15) is 4.79 Å². The van der Waals surface area contributed by atoms with Crippen molar-refractivity contribution in [3.05, 3.63) is 59.7 Å². The number of aryl methyl sites for hydroxylation is 1. The zero-order chi connectivity index (χ0) is 18.1. The number of thiazole rings is 1.